The summed E-state index contributed by atoms with van der Waals surface area (Å²) in [7, 11) is -3.90. The van der Waals surface area contributed by atoms with Crippen LogP contribution in [0.1, 0.15) is 21.6 Å². The van der Waals surface area contributed by atoms with Gasteiger partial charge < -0.3 is 4.42 Å². The summed E-state index contributed by atoms with van der Waals surface area (Å²) in [4.78, 5) is 16.9. The number of thiazole rings is 1. The molecule has 0 amide bonds. The first-order chi connectivity index (χ1) is 13.4. The number of aromatic nitrogens is 3. The molecule has 4 rings (SSSR count). The molecule has 0 aliphatic carbocycles. The molecule has 4 aromatic rings. The third-order valence-electron chi connectivity index (χ3n) is 3.78. The van der Waals surface area contributed by atoms with Crippen molar-refractivity contribution in [3.8, 4) is 11.1 Å². The molecule has 28 heavy (non-hydrogen) atoms. The highest BCUT2D eigenvalue weighted by atomic mass is 32.2. The molecule has 0 fully saturated rings. The van der Waals surface area contributed by atoms with Crippen LogP contribution in [-0.4, -0.2) is 29.4 Å². The summed E-state index contributed by atoms with van der Waals surface area (Å²) in [5.41, 5.74) is 2.77. The normalized spacial score (nSPS) is 11.8. The number of hydrogen-bond acceptors (Lipinski definition) is 8. The Bertz CT molecular complexity index is 1270. The van der Waals surface area contributed by atoms with Crippen LogP contribution in [0.2, 0.25) is 0 Å². The molecule has 9 nitrogen and oxygen atoms in total. The van der Waals surface area contributed by atoms with Crippen molar-refractivity contribution in [1.29, 1.82) is 0 Å². The minimum absolute atomic E-state index is 0.0788. The average molecular weight is 415 g/mol. The Morgan fingerprint density at radius 1 is 1.11 bits per heavy atom. The summed E-state index contributed by atoms with van der Waals surface area (Å²) < 4.78 is 29.8. The van der Waals surface area contributed by atoms with Gasteiger partial charge in [-0.2, -0.15) is 13.1 Å². The quantitative estimate of drug-likeness (QED) is 0.458. The van der Waals surface area contributed by atoms with Crippen LogP contribution in [0.3, 0.4) is 0 Å². The van der Waals surface area contributed by atoms with E-state index < -0.39 is 16.0 Å². The standard InChI is InChI=1S/C17H13N5O4S2/c18-28(24,25)19-9-14-21-22-16(26-14)15(23)17-20-12-7-6-11(8-13(12)27-17)10-4-2-1-3-5-10/h1-8,19H,9H2,(H2,18,24,25). The van der Waals surface area contributed by atoms with Gasteiger partial charge in [-0.25, -0.2) is 10.1 Å². The molecule has 142 valence electrons. The highest BCUT2D eigenvalue weighted by Gasteiger charge is 2.21. The van der Waals surface area contributed by atoms with Gasteiger partial charge in [0.25, 0.3) is 21.9 Å². The second kappa shape index (κ2) is 7.20. The van der Waals surface area contributed by atoms with E-state index in [1.165, 1.54) is 11.3 Å². The first-order valence-corrected chi connectivity index (χ1v) is 10.4. The maximum atomic E-state index is 12.6. The van der Waals surface area contributed by atoms with Crippen molar-refractivity contribution >= 4 is 37.5 Å². The van der Waals surface area contributed by atoms with Crippen LogP contribution in [0, 0.1) is 0 Å². The average Bonchev–Trinajstić information content (AvgIpc) is 3.32. The third-order valence-corrected chi connectivity index (χ3v) is 5.34. The molecule has 0 saturated carbocycles. The van der Waals surface area contributed by atoms with Gasteiger partial charge in [0.15, 0.2) is 5.01 Å². The molecule has 0 aliphatic rings. The third kappa shape index (κ3) is 3.97. The van der Waals surface area contributed by atoms with E-state index in [1.54, 1.807) is 0 Å². The lowest BCUT2D eigenvalue weighted by molar-refractivity contribution is 0.100. The second-order valence-corrected chi connectivity index (χ2v) is 8.17. The Morgan fingerprint density at radius 2 is 1.89 bits per heavy atom. The van der Waals surface area contributed by atoms with Gasteiger partial charge >= 0.3 is 0 Å². The van der Waals surface area contributed by atoms with Gasteiger partial charge in [0, 0.05) is 0 Å². The number of fused-ring (bicyclic) bond motifs is 1. The number of hydrogen-bond donors (Lipinski definition) is 2. The van der Waals surface area contributed by atoms with E-state index in [0.29, 0.717) is 5.52 Å². The Kier molecular flexibility index (Phi) is 4.73. The fourth-order valence-corrected chi connectivity index (χ4v) is 3.76. The summed E-state index contributed by atoms with van der Waals surface area (Å²) in [5, 5.41) is 12.3. The number of rotatable bonds is 6. The van der Waals surface area contributed by atoms with Crippen LogP contribution in [0.4, 0.5) is 0 Å². The molecule has 0 spiro atoms. The predicted octanol–water partition coefficient (Wildman–Crippen LogP) is 1.87. The molecule has 3 N–H and O–H groups in total. The second-order valence-electron chi connectivity index (χ2n) is 5.76. The zero-order chi connectivity index (χ0) is 19.7. The molecular weight excluding hydrogens is 402 g/mol. The molecule has 2 aromatic heterocycles. The molecule has 0 saturated heterocycles. The smallest absolute Gasteiger partial charge is 0.291 e. The summed E-state index contributed by atoms with van der Waals surface area (Å²) >= 11 is 1.22. The Hall–Kier alpha value is -2.99. The molecule has 0 aliphatic heterocycles. The molecule has 0 radical (unpaired) electrons. The van der Waals surface area contributed by atoms with E-state index in [9.17, 15) is 13.2 Å². The number of carbonyl (C=O) groups excluding carboxylic acids is 1. The lowest BCUT2D eigenvalue weighted by Crippen LogP contribution is -2.30. The molecule has 0 unspecified atom stereocenters. The van der Waals surface area contributed by atoms with Crippen LogP contribution < -0.4 is 9.86 Å². The largest absolute Gasteiger partial charge is 0.417 e. The van der Waals surface area contributed by atoms with Crippen LogP contribution in [0.25, 0.3) is 21.3 Å². The van der Waals surface area contributed by atoms with E-state index in [-0.39, 0.29) is 23.3 Å². The lowest BCUT2D eigenvalue weighted by atomic mass is 10.1. The van der Waals surface area contributed by atoms with Crippen molar-refractivity contribution in [3.05, 3.63) is 65.3 Å². The number of benzene rings is 2. The van der Waals surface area contributed by atoms with E-state index in [0.717, 1.165) is 15.8 Å². The molecule has 0 atom stereocenters. The Labute approximate surface area is 163 Å². The SMILES string of the molecule is NS(=O)(=O)NCc1nnc(C(=O)c2nc3ccc(-c4ccccc4)cc3s2)o1. The summed E-state index contributed by atoms with van der Waals surface area (Å²) in [6.07, 6.45) is 0. The van der Waals surface area contributed by atoms with Crippen molar-refractivity contribution in [3.63, 3.8) is 0 Å². The van der Waals surface area contributed by atoms with Crippen molar-refractivity contribution in [2.75, 3.05) is 0 Å². The lowest BCUT2D eigenvalue weighted by Gasteiger charge is -2.00. The zero-order valence-corrected chi connectivity index (χ0v) is 15.8. The Balaban J connectivity index is 1.59. The maximum absolute atomic E-state index is 12.6. The highest BCUT2D eigenvalue weighted by Crippen LogP contribution is 2.29. The van der Waals surface area contributed by atoms with Gasteiger partial charge in [0.05, 0.1) is 16.8 Å². The summed E-state index contributed by atoms with van der Waals surface area (Å²) in [6, 6.07) is 15.6. The summed E-state index contributed by atoms with van der Waals surface area (Å²) in [5.74, 6) is -0.879. The van der Waals surface area contributed by atoms with Crippen LogP contribution >= 0.6 is 11.3 Å². The molecular formula is C17H13N5O4S2. The van der Waals surface area contributed by atoms with E-state index in [4.69, 9.17) is 9.56 Å². The Morgan fingerprint density at radius 3 is 2.64 bits per heavy atom. The fourth-order valence-electron chi connectivity index (χ4n) is 2.50. The summed E-state index contributed by atoms with van der Waals surface area (Å²) in [6.45, 7) is -0.306. The zero-order valence-electron chi connectivity index (χ0n) is 14.2. The van der Waals surface area contributed by atoms with Gasteiger partial charge in [-0.15, -0.1) is 21.5 Å². The van der Waals surface area contributed by atoms with Gasteiger partial charge in [-0.3, -0.25) is 4.79 Å². The topological polar surface area (TPSA) is 141 Å². The van der Waals surface area contributed by atoms with E-state index in [2.05, 4.69) is 15.2 Å². The van der Waals surface area contributed by atoms with Gasteiger partial charge in [-0.1, -0.05) is 36.4 Å². The first kappa shape index (κ1) is 18.4. The number of nitrogens with one attached hydrogen (secondary N) is 1. The molecule has 2 heterocycles. The van der Waals surface area contributed by atoms with Gasteiger partial charge in [-0.05, 0) is 23.3 Å². The van der Waals surface area contributed by atoms with E-state index in [1.807, 2.05) is 53.3 Å². The number of ketones is 1. The number of carbonyl (C=O) groups is 1. The maximum Gasteiger partial charge on any atom is 0.291 e. The van der Waals surface area contributed by atoms with Crippen molar-refractivity contribution in [2.24, 2.45) is 5.14 Å². The van der Waals surface area contributed by atoms with Crippen LogP contribution in [0.5, 0.6) is 0 Å². The molecule has 0 bridgehead atoms. The van der Waals surface area contributed by atoms with Crippen LogP contribution in [0.15, 0.2) is 52.9 Å². The van der Waals surface area contributed by atoms with Crippen LogP contribution in [-0.2, 0) is 16.8 Å². The van der Waals surface area contributed by atoms with Crippen molar-refractivity contribution in [2.45, 2.75) is 6.54 Å². The molecule has 2 aromatic carbocycles. The van der Waals surface area contributed by atoms with E-state index >= 15 is 0 Å². The monoisotopic (exact) mass is 415 g/mol. The van der Waals surface area contributed by atoms with Crippen molar-refractivity contribution < 1.29 is 17.6 Å². The number of nitrogens with zero attached hydrogens (tertiary/aromatic N) is 3. The first-order valence-electron chi connectivity index (χ1n) is 7.99. The van der Waals surface area contributed by atoms with Gasteiger partial charge in [0.2, 0.25) is 5.89 Å². The predicted molar refractivity (Wildman–Crippen MR) is 103 cm³/mol. The van der Waals surface area contributed by atoms with Gasteiger partial charge in [0.1, 0.15) is 0 Å². The minimum atomic E-state index is -3.90. The fraction of sp³-hybridized carbons (Fsp3) is 0.0588. The highest BCUT2D eigenvalue weighted by molar-refractivity contribution is 7.87. The van der Waals surface area contributed by atoms with Crippen molar-refractivity contribution in [1.82, 2.24) is 19.9 Å². The molecule has 11 heteroatoms. The number of nitrogens with two attached hydrogens (primary N) is 1. The minimum Gasteiger partial charge on any atom is -0.417 e.